The van der Waals surface area contributed by atoms with Crippen molar-refractivity contribution >= 4 is 12.2 Å². The first-order chi connectivity index (χ1) is 10.3. The van der Waals surface area contributed by atoms with Crippen LogP contribution < -0.4 is 10.6 Å². The van der Waals surface area contributed by atoms with Gasteiger partial charge in [-0.25, -0.2) is 9.59 Å². The quantitative estimate of drug-likeness (QED) is 0.836. The molecule has 0 aliphatic heterocycles. The van der Waals surface area contributed by atoms with Crippen molar-refractivity contribution in [3.63, 3.8) is 0 Å². The number of carbonyl (C=O) groups excluding carboxylic acids is 2. The molecule has 22 heavy (non-hydrogen) atoms. The van der Waals surface area contributed by atoms with Gasteiger partial charge < -0.3 is 20.1 Å². The van der Waals surface area contributed by atoms with Crippen LogP contribution in [-0.2, 0) is 9.47 Å². The molecule has 2 amide bonds. The molecule has 2 rings (SSSR count). The molecule has 2 fully saturated rings. The maximum absolute atomic E-state index is 11.9. The second kappa shape index (κ2) is 5.97. The van der Waals surface area contributed by atoms with E-state index in [0.29, 0.717) is 19.1 Å². The van der Waals surface area contributed by atoms with E-state index in [-0.39, 0.29) is 22.9 Å². The SMILES string of the molecule is CCOC(=O)N[C@H]1[C@@H](NC(=O)OCC)[C@]2(C)CC[C@@H]1C2(C)C. The van der Waals surface area contributed by atoms with Gasteiger partial charge in [-0.3, -0.25) is 0 Å². The van der Waals surface area contributed by atoms with Crippen molar-refractivity contribution in [1.29, 1.82) is 0 Å². The molecule has 2 N–H and O–H groups in total. The van der Waals surface area contributed by atoms with Crippen molar-refractivity contribution in [2.75, 3.05) is 13.2 Å². The number of hydrogen-bond donors (Lipinski definition) is 2. The third-order valence-corrected chi connectivity index (χ3v) is 5.96. The number of amides is 2. The second-order valence-corrected chi connectivity index (χ2v) is 7.02. The zero-order valence-corrected chi connectivity index (χ0v) is 14.2. The van der Waals surface area contributed by atoms with Crippen LogP contribution in [0.4, 0.5) is 9.59 Å². The Hall–Kier alpha value is -1.46. The molecule has 6 nitrogen and oxygen atoms in total. The van der Waals surface area contributed by atoms with Crippen LogP contribution in [0.15, 0.2) is 0 Å². The summed E-state index contributed by atoms with van der Waals surface area (Å²) in [5, 5.41) is 5.93. The molecule has 0 unspecified atom stereocenters. The van der Waals surface area contributed by atoms with Crippen LogP contribution in [0.1, 0.15) is 47.5 Å². The molecule has 0 aromatic carbocycles. The van der Waals surface area contributed by atoms with Gasteiger partial charge in [-0.05, 0) is 43.4 Å². The standard InChI is InChI=1S/C16H28N2O4/c1-6-21-13(19)17-11-10-8-9-16(5,15(10,3)4)12(11)18-14(20)22-7-2/h10-12H,6-9H2,1-5H3,(H,17,19)(H,18,20)/t10-,11+,12+,16-/m0/s1. The molecule has 0 heterocycles. The Bertz CT molecular complexity index is 451. The molecule has 0 aromatic rings. The molecule has 2 aliphatic carbocycles. The Balaban J connectivity index is 2.21. The van der Waals surface area contributed by atoms with Crippen LogP contribution in [0.5, 0.6) is 0 Å². The van der Waals surface area contributed by atoms with Crippen LogP contribution in [0.2, 0.25) is 0 Å². The Morgan fingerprint density at radius 3 is 2.14 bits per heavy atom. The smallest absolute Gasteiger partial charge is 0.407 e. The molecular weight excluding hydrogens is 284 g/mol. The van der Waals surface area contributed by atoms with E-state index in [4.69, 9.17) is 9.47 Å². The van der Waals surface area contributed by atoms with Crippen LogP contribution in [-0.4, -0.2) is 37.5 Å². The summed E-state index contributed by atoms with van der Waals surface area (Å²) in [5.74, 6) is 0.314. The minimum atomic E-state index is -0.423. The highest BCUT2D eigenvalue weighted by molar-refractivity contribution is 5.70. The van der Waals surface area contributed by atoms with E-state index >= 15 is 0 Å². The maximum Gasteiger partial charge on any atom is 0.407 e. The molecule has 2 saturated carbocycles. The lowest BCUT2D eigenvalue weighted by Crippen LogP contribution is -2.57. The molecule has 0 spiro atoms. The van der Waals surface area contributed by atoms with Gasteiger partial charge in [0.1, 0.15) is 0 Å². The lowest BCUT2D eigenvalue weighted by atomic mass is 9.69. The van der Waals surface area contributed by atoms with Gasteiger partial charge in [0.2, 0.25) is 0 Å². The van der Waals surface area contributed by atoms with Crippen molar-refractivity contribution in [1.82, 2.24) is 10.6 Å². The topological polar surface area (TPSA) is 76.7 Å². The molecule has 0 radical (unpaired) electrons. The summed E-state index contributed by atoms with van der Waals surface area (Å²) in [5.41, 5.74) is -0.0457. The van der Waals surface area contributed by atoms with E-state index in [1.807, 2.05) is 0 Å². The minimum Gasteiger partial charge on any atom is -0.450 e. The van der Waals surface area contributed by atoms with Gasteiger partial charge in [0, 0.05) is 0 Å². The fourth-order valence-electron chi connectivity index (χ4n) is 4.42. The van der Waals surface area contributed by atoms with Crippen molar-refractivity contribution in [3.05, 3.63) is 0 Å². The molecule has 2 bridgehead atoms. The minimum absolute atomic E-state index is 0.0291. The van der Waals surface area contributed by atoms with Gasteiger partial charge in [0.15, 0.2) is 0 Å². The van der Waals surface area contributed by atoms with Crippen LogP contribution in [0, 0.1) is 16.7 Å². The molecule has 126 valence electrons. The van der Waals surface area contributed by atoms with Crippen molar-refractivity contribution in [2.24, 2.45) is 16.7 Å². The third kappa shape index (κ3) is 2.52. The predicted molar refractivity (Wildman–Crippen MR) is 82.5 cm³/mol. The average molecular weight is 312 g/mol. The lowest BCUT2D eigenvalue weighted by Gasteiger charge is -2.40. The zero-order valence-electron chi connectivity index (χ0n) is 14.2. The third-order valence-electron chi connectivity index (χ3n) is 5.96. The van der Waals surface area contributed by atoms with E-state index in [0.717, 1.165) is 12.8 Å². The van der Waals surface area contributed by atoms with Crippen LogP contribution >= 0.6 is 0 Å². The normalized spacial score (nSPS) is 35.0. The molecule has 0 saturated heterocycles. The summed E-state index contributed by atoms with van der Waals surface area (Å²) in [7, 11) is 0. The summed E-state index contributed by atoms with van der Waals surface area (Å²) in [6.07, 6.45) is 1.23. The van der Waals surface area contributed by atoms with E-state index < -0.39 is 12.2 Å². The van der Waals surface area contributed by atoms with Gasteiger partial charge in [0.05, 0.1) is 25.3 Å². The number of hydrogen-bond acceptors (Lipinski definition) is 4. The van der Waals surface area contributed by atoms with Gasteiger partial charge >= 0.3 is 12.2 Å². The Kier molecular flexibility index (Phi) is 4.59. The van der Waals surface area contributed by atoms with E-state index in [1.165, 1.54) is 0 Å². The average Bonchev–Trinajstić information content (AvgIpc) is 2.73. The fraction of sp³-hybridized carbons (Fsp3) is 0.875. The Labute approximate surface area is 132 Å². The van der Waals surface area contributed by atoms with Crippen molar-refractivity contribution in [3.8, 4) is 0 Å². The summed E-state index contributed by atoms with van der Waals surface area (Å²) in [4.78, 5) is 23.8. The van der Waals surface area contributed by atoms with Crippen molar-refractivity contribution in [2.45, 2.75) is 59.5 Å². The largest absolute Gasteiger partial charge is 0.450 e. The number of alkyl carbamates (subject to hydrolysis) is 2. The summed E-state index contributed by atoms with van der Waals surface area (Å²) in [6.45, 7) is 10.9. The number of rotatable bonds is 4. The monoisotopic (exact) mass is 312 g/mol. The molecule has 4 atom stereocenters. The summed E-state index contributed by atoms with van der Waals surface area (Å²) in [6, 6.07) is -0.276. The fourth-order valence-corrected chi connectivity index (χ4v) is 4.42. The van der Waals surface area contributed by atoms with E-state index in [1.54, 1.807) is 13.8 Å². The molecule has 2 aliphatic rings. The first-order valence-electron chi connectivity index (χ1n) is 8.14. The Morgan fingerprint density at radius 2 is 1.59 bits per heavy atom. The Morgan fingerprint density at radius 1 is 1.05 bits per heavy atom. The summed E-state index contributed by atoms with van der Waals surface area (Å²) >= 11 is 0. The van der Waals surface area contributed by atoms with Crippen LogP contribution in [0.3, 0.4) is 0 Å². The van der Waals surface area contributed by atoms with Gasteiger partial charge in [-0.2, -0.15) is 0 Å². The highest BCUT2D eigenvalue weighted by Gasteiger charge is 2.67. The van der Waals surface area contributed by atoms with Gasteiger partial charge in [-0.1, -0.05) is 20.8 Å². The van der Waals surface area contributed by atoms with Gasteiger partial charge in [0.25, 0.3) is 0 Å². The number of nitrogens with one attached hydrogen (secondary N) is 2. The maximum atomic E-state index is 11.9. The molecular formula is C16H28N2O4. The van der Waals surface area contributed by atoms with Crippen LogP contribution in [0.25, 0.3) is 0 Å². The zero-order chi connectivity index (χ0) is 16.5. The van der Waals surface area contributed by atoms with Gasteiger partial charge in [-0.15, -0.1) is 0 Å². The lowest BCUT2D eigenvalue weighted by molar-refractivity contribution is 0.0992. The highest BCUT2D eigenvalue weighted by Crippen LogP contribution is 2.65. The highest BCUT2D eigenvalue weighted by atomic mass is 16.6. The first kappa shape index (κ1) is 16.9. The van der Waals surface area contributed by atoms with E-state index in [2.05, 4.69) is 31.4 Å². The first-order valence-corrected chi connectivity index (χ1v) is 8.14. The number of ether oxygens (including phenoxy) is 2. The predicted octanol–water partition coefficient (Wildman–Crippen LogP) is 2.67. The molecule has 6 heteroatoms. The molecule has 0 aromatic heterocycles. The summed E-state index contributed by atoms with van der Waals surface area (Å²) < 4.78 is 10.1. The second-order valence-electron chi connectivity index (χ2n) is 7.02. The van der Waals surface area contributed by atoms with E-state index in [9.17, 15) is 9.59 Å². The number of carbonyl (C=O) groups is 2. The number of fused-ring (bicyclic) bond motifs is 2. The van der Waals surface area contributed by atoms with Crippen molar-refractivity contribution < 1.29 is 19.1 Å².